The van der Waals surface area contributed by atoms with Crippen molar-refractivity contribution >= 4 is 92.9 Å². The summed E-state index contributed by atoms with van der Waals surface area (Å²) in [7, 11) is 0. The predicted octanol–water partition coefficient (Wildman–Crippen LogP) is 14.5. The molecule has 1 aliphatic rings. The molecule has 0 bridgehead atoms. The van der Waals surface area contributed by atoms with Crippen LogP contribution in [0.2, 0.25) is 20.1 Å². The summed E-state index contributed by atoms with van der Waals surface area (Å²) in [6.45, 7) is 8.83. The highest BCUT2D eigenvalue weighted by Gasteiger charge is 2.41. The lowest BCUT2D eigenvalue weighted by atomic mass is 9.95. The van der Waals surface area contributed by atoms with Gasteiger partial charge in [0.15, 0.2) is 6.10 Å². The second-order valence-electron chi connectivity index (χ2n) is 15.3. The van der Waals surface area contributed by atoms with Crippen molar-refractivity contribution in [3.05, 3.63) is 105 Å². The van der Waals surface area contributed by atoms with E-state index in [2.05, 4.69) is 24.6 Å². The summed E-state index contributed by atoms with van der Waals surface area (Å²) in [6, 6.07) is 23.2. The normalized spacial score (nSPS) is 15.5. The number of nitrogens with zero attached hydrogens (tertiary/aromatic N) is 2. The third kappa shape index (κ3) is 14.0. The number of amides is 2. The fourth-order valence-corrected chi connectivity index (χ4v) is 9.14. The standard InChI is InChI=1S/C47H56Cl4N4O4S/c1-5-7-9-11-12-14-18-33(17-13-10-8-6-2)30-58-35-22-24-36(25-23-35)59-32(4)46(56)53-40-19-15-16-20-42(40)60-44-45(52-41-27-31(3)21-26-37(41)49)54-55(47(44)57)43-38(50)28-34(48)29-39(43)51/h15-16,19-29,32-33,44H,5-14,17-18,30H2,1-4H3,(H,52,54)(H,53,56). The number of benzene rings is 4. The van der Waals surface area contributed by atoms with Crippen LogP contribution in [0.15, 0.2) is 88.8 Å². The Labute approximate surface area is 380 Å². The Balaban J connectivity index is 1.23. The number of carbonyl (C=O) groups excluding carboxylic acids is 2. The number of rotatable bonds is 23. The van der Waals surface area contributed by atoms with Crippen LogP contribution in [0.25, 0.3) is 0 Å². The number of ether oxygens (including phenoxy) is 2. The molecule has 1 heterocycles. The minimum Gasteiger partial charge on any atom is -0.493 e. The molecule has 60 heavy (non-hydrogen) atoms. The highest BCUT2D eigenvalue weighted by Crippen LogP contribution is 2.41. The fraction of sp³-hybridized carbons (Fsp3) is 0.426. The molecule has 1 aliphatic heterocycles. The van der Waals surface area contributed by atoms with Crippen molar-refractivity contribution in [1.29, 1.82) is 0 Å². The van der Waals surface area contributed by atoms with E-state index in [0.717, 1.165) is 11.3 Å². The Morgan fingerprint density at radius 2 is 1.43 bits per heavy atom. The van der Waals surface area contributed by atoms with Gasteiger partial charge < -0.3 is 14.8 Å². The van der Waals surface area contributed by atoms with E-state index in [9.17, 15) is 9.59 Å². The van der Waals surface area contributed by atoms with Gasteiger partial charge in [-0.15, -0.1) is 11.8 Å². The number of anilines is 2. The van der Waals surface area contributed by atoms with Gasteiger partial charge in [-0.25, -0.2) is 10.0 Å². The molecule has 0 aromatic heterocycles. The molecule has 0 saturated carbocycles. The van der Waals surface area contributed by atoms with Crippen molar-refractivity contribution in [2.24, 2.45) is 10.9 Å². The Bertz CT molecular complexity index is 2040. The van der Waals surface area contributed by atoms with Crippen LogP contribution >= 0.6 is 58.2 Å². The number of aliphatic imine (C=N–C) groups is 1. The second-order valence-corrected chi connectivity index (χ2v) is 18.1. The van der Waals surface area contributed by atoms with Gasteiger partial charge in [0, 0.05) is 9.92 Å². The number of carbonyl (C=O) groups is 2. The average molecular weight is 915 g/mol. The van der Waals surface area contributed by atoms with E-state index < -0.39 is 11.4 Å². The number of hydrogen-bond donors (Lipinski definition) is 2. The van der Waals surface area contributed by atoms with E-state index in [1.54, 1.807) is 19.1 Å². The van der Waals surface area contributed by atoms with Crippen LogP contribution in [-0.4, -0.2) is 35.6 Å². The zero-order valence-electron chi connectivity index (χ0n) is 34.9. The number of hydrazine groups is 1. The summed E-state index contributed by atoms with van der Waals surface area (Å²) in [5.74, 6) is 1.43. The number of amidine groups is 1. The first kappa shape index (κ1) is 47.4. The van der Waals surface area contributed by atoms with Gasteiger partial charge in [0.2, 0.25) is 0 Å². The first-order valence-corrected chi connectivity index (χ1v) is 23.4. The SMILES string of the molecule is CCCCCCCCC(CCCCCC)COc1ccc(OC(C)C(=O)Nc2ccccc2SC2C(=O)N(c3c(Cl)cc(Cl)cc3Cl)NC2=Nc2cc(C)ccc2Cl)cc1. The maximum Gasteiger partial charge on any atom is 0.267 e. The summed E-state index contributed by atoms with van der Waals surface area (Å²) in [4.78, 5) is 33.2. The summed E-state index contributed by atoms with van der Waals surface area (Å²) in [6.07, 6.45) is 14.4. The van der Waals surface area contributed by atoms with Crippen molar-refractivity contribution in [1.82, 2.24) is 5.43 Å². The van der Waals surface area contributed by atoms with Crippen molar-refractivity contribution in [2.45, 2.75) is 121 Å². The number of nitrogens with one attached hydrogen (secondary N) is 2. The Kier molecular flexibility index (Phi) is 19.1. The predicted molar refractivity (Wildman–Crippen MR) is 252 cm³/mol. The lowest BCUT2D eigenvalue weighted by Gasteiger charge is -2.19. The molecule has 4 aromatic rings. The van der Waals surface area contributed by atoms with Crippen LogP contribution < -0.4 is 25.2 Å². The Hall–Kier alpha value is -3.60. The van der Waals surface area contributed by atoms with Crippen LogP contribution in [0.5, 0.6) is 11.5 Å². The summed E-state index contributed by atoms with van der Waals surface area (Å²) >= 11 is 27.1. The van der Waals surface area contributed by atoms with Crippen molar-refractivity contribution in [3.8, 4) is 11.5 Å². The topological polar surface area (TPSA) is 92.3 Å². The molecule has 0 radical (unpaired) electrons. The molecule has 1 fully saturated rings. The van der Waals surface area contributed by atoms with E-state index in [1.807, 2.05) is 61.5 Å². The molecule has 3 unspecified atom stereocenters. The molecule has 3 atom stereocenters. The third-order valence-electron chi connectivity index (χ3n) is 10.3. The summed E-state index contributed by atoms with van der Waals surface area (Å²) in [5, 5.41) is 4.45. The van der Waals surface area contributed by atoms with Gasteiger partial charge in [-0.05, 0) is 98.8 Å². The molecule has 0 spiro atoms. The molecular weight excluding hydrogens is 858 g/mol. The lowest BCUT2D eigenvalue weighted by Crippen LogP contribution is -2.36. The molecular formula is C47H56Cl4N4O4S. The highest BCUT2D eigenvalue weighted by atomic mass is 35.5. The van der Waals surface area contributed by atoms with Gasteiger partial charge >= 0.3 is 0 Å². The second kappa shape index (κ2) is 24.1. The number of unbranched alkanes of at least 4 members (excludes halogenated alkanes) is 8. The maximum absolute atomic E-state index is 14.2. The smallest absolute Gasteiger partial charge is 0.267 e. The number of para-hydroxylation sites is 1. The van der Waals surface area contributed by atoms with E-state index in [4.69, 9.17) is 60.9 Å². The van der Waals surface area contributed by atoms with Crippen molar-refractivity contribution in [3.63, 3.8) is 0 Å². The first-order valence-electron chi connectivity index (χ1n) is 21.0. The molecule has 0 aliphatic carbocycles. The van der Waals surface area contributed by atoms with Gasteiger partial charge in [0.1, 0.15) is 28.3 Å². The lowest BCUT2D eigenvalue weighted by molar-refractivity contribution is -0.122. The van der Waals surface area contributed by atoms with Crippen molar-refractivity contribution < 1.29 is 19.1 Å². The van der Waals surface area contributed by atoms with Crippen LogP contribution in [0, 0.1) is 12.8 Å². The van der Waals surface area contributed by atoms with Crippen molar-refractivity contribution in [2.75, 3.05) is 16.9 Å². The van der Waals surface area contributed by atoms with E-state index in [-0.39, 0.29) is 27.5 Å². The fourth-order valence-electron chi connectivity index (χ4n) is 6.91. The minimum absolute atomic E-state index is 0.177. The van der Waals surface area contributed by atoms with Crippen LogP contribution in [0.3, 0.4) is 0 Å². The minimum atomic E-state index is -0.899. The molecule has 2 N–H and O–H groups in total. The van der Waals surface area contributed by atoms with Gasteiger partial charge in [0.05, 0.1) is 33.0 Å². The largest absolute Gasteiger partial charge is 0.493 e. The van der Waals surface area contributed by atoms with Gasteiger partial charge in [-0.1, -0.05) is 143 Å². The number of thioether (sulfide) groups is 1. The van der Waals surface area contributed by atoms with Crippen LogP contribution in [0.4, 0.5) is 17.1 Å². The number of halogens is 4. The molecule has 13 heteroatoms. The summed E-state index contributed by atoms with van der Waals surface area (Å²) in [5.41, 5.74) is 5.25. The maximum atomic E-state index is 14.2. The molecule has 2 amide bonds. The van der Waals surface area contributed by atoms with E-state index in [0.29, 0.717) is 50.4 Å². The quantitative estimate of drug-likeness (QED) is 0.0720. The van der Waals surface area contributed by atoms with Gasteiger partial charge in [0.25, 0.3) is 11.8 Å². The molecule has 8 nitrogen and oxygen atoms in total. The van der Waals surface area contributed by atoms with Gasteiger partial charge in [-0.3, -0.25) is 15.0 Å². The molecule has 5 rings (SSSR count). The molecule has 1 saturated heterocycles. The Morgan fingerprint density at radius 1 is 0.817 bits per heavy atom. The average Bonchev–Trinajstić information content (AvgIpc) is 3.51. The van der Waals surface area contributed by atoms with Crippen LogP contribution in [-0.2, 0) is 9.59 Å². The highest BCUT2D eigenvalue weighted by molar-refractivity contribution is 8.01. The van der Waals surface area contributed by atoms with Crippen LogP contribution in [0.1, 0.15) is 103 Å². The number of hydrogen-bond acceptors (Lipinski definition) is 6. The molecule has 322 valence electrons. The third-order valence-corrected chi connectivity index (χ3v) is 12.7. The monoisotopic (exact) mass is 912 g/mol. The number of aryl methyl sites for hydroxylation is 1. The van der Waals surface area contributed by atoms with Gasteiger partial charge in [-0.2, -0.15) is 0 Å². The van der Waals surface area contributed by atoms with E-state index in [1.165, 1.54) is 106 Å². The summed E-state index contributed by atoms with van der Waals surface area (Å²) < 4.78 is 12.4. The zero-order valence-corrected chi connectivity index (χ0v) is 38.7. The molecule has 4 aromatic carbocycles. The van der Waals surface area contributed by atoms with E-state index >= 15 is 0 Å². The Morgan fingerprint density at radius 3 is 2.12 bits per heavy atom. The zero-order chi connectivity index (χ0) is 43.0. The first-order chi connectivity index (χ1) is 29.0.